The van der Waals surface area contributed by atoms with Crippen LogP contribution in [0.2, 0.25) is 0 Å². The molecule has 0 bridgehead atoms. The smallest absolute Gasteiger partial charge is 0.458 e. The van der Waals surface area contributed by atoms with Crippen LogP contribution in [0.5, 0.6) is 0 Å². The Morgan fingerprint density at radius 3 is 1.58 bits per heavy atom. The standard InChI is InChI=1S/C12H11F11O3/c13-8(10(16,17)18,7(24)25-6-4-2-1-3-5-6)26-12(22,23)9(14,15)11(19,20)21/h6H,1-5H2/t8-/m0/s1. The Hall–Kier alpha value is -1.34. The van der Waals surface area contributed by atoms with Crippen LogP contribution in [0.1, 0.15) is 32.1 Å². The predicted molar refractivity (Wildman–Crippen MR) is 59.9 cm³/mol. The zero-order chi connectivity index (χ0) is 20.6. The van der Waals surface area contributed by atoms with Gasteiger partial charge in [-0.15, -0.1) is 0 Å². The highest BCUT2D eigenvalue weighted by atomic mass is 19.4. The molecule has 1 saturated carbocycles. The quantitative estimate of drug-likeness (QED) is 0.476. The van der Waals surface area contributed by atoms with E-state index in [0.717, 1.165) is 0 Å². The molecule has 1 fully saturated rings. The Morgan fingerprint density at radius 2 is 1.19 bits per heavy atom. The van der Waals surface area contributed by atoms with E-state index in [2.05, 4.69) is 9.47 Å². The molecule has 26 heavy (non-hydrogen) atoms. The summed E-state index contributed by atoms with van der Waals surface area (Å²) in [6.07, 6.45) is -21.1. The lowest BCUT2D eigenvalue weighted by Crippen LogP contribution is -2.62. The summed E-state index contributed by atoms with van der Waals surface area (Å²) in [6, 6.07) is 0. The highest BCUT2D eigenvalue weighted by molar-refractivity contribution is 5.79. The van der Waals surface area contributed by atoms with Crippen LogP contribution >= 0.6 is 0 Å². The summed E-state index contributed by atoms with van der Waals surface area (Å²) in [5, 5.41) is 0. The van der Waals surface area contributed by atoms with Gasteiger partial charge in [-0.3, -0.25) is 4.74 Å². The zero-order valence-corrected chi connectivity index (χ0v) is 12.5. The fourth-order valence-corrected chi connectivity index (χ4v) is 2.03. The highest BCUT2D eigenvalue weighted by Gasteiger charge is 2.80. The summed E-state index contributed by atoms with van der Waals surface area (Å²) >= 11 is 0. The number of rotatable bonds is 5. The Morgan fingerprint density at radius 1 is 0.731 bits per heavy atom. The summed E-state index contributed by atoms with van der Waals surface area (Å²) in [6.45, 7) is 0. The van der Waals surface area contributed by atoms with Crippen molar-refractivity contribution in [1.29, 1.82) is 0 Å². The Bertz CT molecular complexity index is 508. The van der Waals surface area contributed by atoms with Crippen LogP contribution in [0.3, 0.4) is 0 Å². The molecule has 1 aliphatic rings. The normalized spacial score (nSPS) is 20.6. The molecular weight excluding hydrogens is 401 g/mol. The maximum Gasteiger partial charge on any atom is 0.462 e. The van der Waals surface area contributed by atoms with Gasteiger partial charge in [0.2, 0.25) is 0 Å². The van der Waals surface area contributed by atoms with Crippen molar-refractivity contribution in [3.63, 3.8) is 0 Å². The van der Waals surface area contributed by atoms with E-state index in [9.17, 15) is 53.1 Å². The second kappa shape index (κ2) is 7.00. The van der Waals surface area contributed by atoms with Gasteiger partial charge in [0.1, 0.15) is 6.10 Å². The lowest BCUT2D eigenvalue weighted by atomic mass is 9.98. The van der Waals surface area contributed by atoms with Gasteiger partial charge in [-0.05, 0) is 25.7 Å². The maximum absolute atomic E-state index is 13.9. The molecule has 1 aliphatic carbocycles. The first-order valence-corrected chi connectivity index (χ1v) is 6.95. The minimum Gasteiger partial charge on any atom is -0.458 e. The number of ether oxygens (including phenoxy) is 2. The minimum atomic E-state index is -7.21. The molecule has 0 aromatic carbocycles. The first-order valence-electron chi connectivity index (χ1n) is 6.95. The molecular formula is C12H11F11O3. The topological polar surface area (TPSA) is 35.5 Å². The monoisotopic (exact) mass is 412 g/mol. The van der Waals surface area contributed by atoms with Crippen LogP contribution in [-0.4, -0.2) is 42.3 Å². The van der Waals surface area contributed by atoms with E-state index in [1.807, 2.05) is 0 Å². The van der Waals surface area contributed by atoms with E-state index in [4.69, 9.17) is 0 Å². The average Bonchev–Trinajstić information content (AvgIpc) is 2.45. The first kappa shape index (κ1) is 22.7. The highest BCUT2D eigenvalue weighted by Crippen LogP contribution is 2.51. The lowest BCUT2D eigenvalue weighted by molar-refractivity contribution is -0.475. The molecule has 14 heteroatoms. The average molecular weight is 412 g/mol. The van der Waals surface area contributed by atoms with Gasteiger partial charge in [0.15, 0.2) is 0 Å². The minimum absolute atomic E-state index is 0.0746. The Balaban J connectivity index is 3.14. The van der Waals surface area contributed by atoms with Crippen molar-refractivity contribution in [3.8, 4) is 0 Å². The van der Waals surface area contributed by atoms with Gasteiger partial charge in [0.25, 0.3) is 0 Å². The second-order valence-electron chi connectivity index (χ2n) is 5.45. The number of alkyl halides is 11. The van der Waals surface area contributed by atoms with Gasteiger partial charge in [-0.1, -0.05) is 6.42 Å². The molecule has 0 unspecified atom stereocenters. The summed E-state index contributed by atoms with van der Waals surface area (Å²) in [5.41, 5.74) is 0. The van der Waals surface area contributed by atoms with Crippen molar-refractivity contribution < 1.29 is 62.6 Å². The molecule has 0 aromatic rings. The molecule has 0 heterocycles. The van der Waals surface area contributed by atoms with E-state index < -0.39 is 42.3 Å². The molecule has 0 spiro atoms. The summed E-state index contributed by atoms with van der Waals surface area (Å²) in [7, 11) is 0. The summed E-state index contributed by atoms with van der Waals surface area (Å²) in [5.74, 6) is -16.6. The van der Waals surface area contributed by atoms with Crippen LogP contribution in [0.25, 0.3) is 0 Å². The van der Waals surface area contributed by atoms with Crippen molar-refractivity contribution in [2.24, 2.45) is 0 Å². The third-order valence-electron chi connectivity index (χ3n) is 3.44. The molecule has 154 valence electrons. The molecule has 0 aromatic heterocycles. The van der Waals surface area contributed by atoms with Gasteiger partial charge in [0.05, 0.1) is 0 Å². The molecule has 0 aliphatic heterocycles. The fraction of sp³-hybridized carbons (Fsp3) is 0.917. The molecule has 0 saturated heterocycles. The predicted octanol–water partition coefficient (Wildman–Crippen LogP) is 4.90. The molecule has 1 atom stereocenters. The van der Waals surface area contributed by atoms with Crippen molar-refractivity contribution in [1.82, 2.24) is 0 Å². The first-order chi connectivity index (χ1) is 11.5. The molecule has 1 rings (SSSR count). The maximum atomic E-state index is 13.9. The van der Waals surface area contributed by atoms with Crippen LogP contribution in [0, 0.1) is 0 Å². The zero-order valence-electron chi connectivity index (χ0n) is 12.5. The van der Waals surface area contributed by atoms with Crippen molar-refractivity contribution in [2.45, 2.75) is 68.4 Å². The van der Waals surface area contributed by atoms with E-state index in [1.165, 1.54) is 0 Å². The number of carbonyl (C=O) groups excluding carboxylic acids is 1. The van der Waals surface area contributed by atoms with Crippen molar-refractivity contribution >= 4 is 5.97 Å². The largest absolute Gasteiger partial charge is 0.462 e. The van der Waals surface area contributed by atoms with Crippen LogP contribution in [-0.2, 0) is 14.3 Å². The summed E-state index contributed by atoms with van der Waals surface area (Å²) in [4.78, 5) is 11.3. The second-order valence-corrected chi connectivity index (χ2v) is 5.45. The Kier molecular flexibility index (Phi) is 6.11. The van der Waals surface area contributed by atoms with Gasteiger partial charge >= 0.3 is 36.2 Å². The van der Waals surface area contributed by atoms with E-state index >= 15 is 0 Å². The molecule has 0 N–H and O–H groups in total. The number of hydrogen-bond donors (Lipinski definition) is 0. The van der Waals surface area contributed by atoms with Crippen LogP contribution < -0.4 is 0 Å². The fourth-order valence-electron chi connectivity index (χ4n) is 2.03. The van der Waals surface area contributed by atoms with Crippen LogP contribution in [0.4, 0.5) is 48.3 Å². The lowest BCUT2D eigenvalue weighted by Gasteiger charge is -2.34. The number of carbonyl (C=O) groups is 1. The van der Waals surface area contributed by atoms with E-state index in [0.29, 0.717) is 19.3 Å². The van der Waals surface area contributed by atoms with Gasteiger partial charge in [-0.25, -0.2) is 4.79 Å². The van der Waals surface area contributed by atoms with E-state index in [-0.39, 0.29) is 12.8 Å². The van der Waals surface area contributed by atoms with Crippen molar-refractivity contribution in [2.75, 3.05) is 0 Å². The Labute approximate surface area is 138 Å². The third kappa shape index (κ3) is 4.31. The molecule has 3 nitrogen and oxygen atoms in total. The molecule has 0 amide bonds. The number of esters is 1. The third-order valence-corrected chi connectivity index (χ3v) is 3.44. The SMILES string of the molecule is O=C(OC1CCCCC1)[C@](F)(OC(F)(F)C(F)(F)C(F)(F)F)C(F)(F)F. The van der Waals surface area contributed by atoms with Crippen LogP contribution in [0.15, 0.2) is 0 Å². The molecule has 0 radical (unpaired) electrons. The van der Waals surface area contributed by atoms with Gasteiger partial charge < -0.3 is 4.74 Å². The van der Waals surface area contributed by atoms with Gasteiger partial charge in [-0.2, -0.15) is 48.3 Å². The van der Waals surface area contributed by atoms with Crippen molar-refractivity contribution in [3.05, 3.63) is 0 Å². The van der Waals surface area contributed by atoms with E-state index in [1.54, 1.807) is 0 Å². The summed E-state index contributed by atoms with van der Waals surface area (Å²) < 4.78 is 145. The number of hydrogen-bond acceptors (Lipinski definition) is 3. The van der Waals surface area contributed by atoms with Gasteiger partial charge in [0, 0.05) is 0 Å². The number of halogens is 11.